The van der Waals surface area contributed by atoms with E-state index in [4.69, 9.17) is 8.83 Å². The lowest BCUT2D eigenvalue weighted by atomic mass is 10.0. The van der Waals surface area contributed by atoms with E-state index < -0.39 is 5.63 Å². The molecule has 1 saturated heterocycles. The molecule has 1 amide bonds. The van der Waals surface area contributed by atoms with Crippen molar-refractivity contribution in [1.82, 2.24) is 4.90 Å². The van der Waals surface area contributed by atoms with Crippen molar-refractivity contribution in [3.8, 4) is 0 Å². The van der Waals surface area contributed by atoms with E-state index in [-0.39, 0.29) is 12.3 Å². The number of amides is 1. The molecule has 3 aromatic rings. The highest BCUT2D eigenvalue weighted by atomic mass is 32.2. The van der Waals surface area contributed by atoms with E-state index in [1.54, 1.807) is 6.07 Å². The van der Waals surface area contributed by atoms with Gasteiger partial charge in [-0.2, -0.15) is 11.8 Å². The summed E-state index contributed by atoms with van der Waals surface area (Å²) in [5.74, 6) is 2.76. The Morgan fingerprint density at radius 1 is 1.04 bits per heavy atom. The molecule has 3 heterocycles. The zero-order chi connectivity index (χ0) is 18.4. The Hall–Kier alpha value is -2.21. The molecule has 0 N–H and O–H groups in total. The summed E-state index contributed by atoms with van der Waals surface area (Å²) in [4.78, 5) is 26.9. The van der Waals surface area contributed by atoms with Crippen molar-refractivity contribution in [1.29, 1.82) is 0 Å². The molecular weight excluding hydrogens is 350 g/mol. The maximum atomic E-state index is 12.6. The summed E-state index contributed by atoms with van der Waals surface area (Å²) in [7, 11) is 0. The zero-order valence-corrected chi connectivity index (χ0v) is 16.0. The normalized spacial score (nSPS) is 15.1. The topological polar surface area (TPSA) is 63.7 Å². The molecule has 0 radical (unpaired) electrons. The van der Waals surface area contributed by atoms with Gasteiger partial charge in [-0.25, -0.2) is 4.79 Å². The van der Waals surface area contributed by atoms with Gasteiger partial charge in [0.15, 0.2) is 0 Å². The molecule has 0 saturated carbocycles. The molecule has 0 spiro atoms. The van der Waals surface area contributed by atoms with Gasteiger partial charge in [-0.05, 0) is 38.0 Å². The Bertz CT molecular complexity index is 1070. The van der Waals surface area contributed by atoms with Gasteiger partial charge >= 0.3 is 5.63 Å². The standard InChI is InChI=1S/C20H21NO4S/c1-11-13(3)24-17-10-18-15(8-14(11)17)12(2)16(20(23)25-18)9-19(22)21-4-6-26-7-5-21/h8,10H,4-7,9H2,1-3H3. The summed E-state index contributed by atoms with van der Waals surface area (Å²) >= 11 is 1.85. The van der Waals surface area contributed by atoms with Gasteiger partial charge in [0.1, 0.15) is 16.9 Å². The second-order valence-electron chi connectivity index (χ2n) is 6.79. The Morgan fingerprint density at radius 3 is 2.42 bits per heavy atom. The molecule has 5 nitrogen and oxygen atoms in total. The van der Waals surface area contributed by atoms with Crippen LogP contribution in [0.5, 0.6) is 0 Å². The zero-order valence-electron chi connectivity index (χ0n) is 15.2. The van der Waals surface area contributed by atoms with Gasteiger partial charge in [0.25, 0.3) is 0 Å². The van der Waals surface area contributed by atoms with Gasteiger partial charge in [0.2, 0.25) is 5.91 Å². The molecule has 0 bridgehead atoms. The fourth-order valence-corrected chi connectivity index (χ4v) is 4.41. The van der Waals surface area contributed by atoms with Crippen molar-refractivity contribution >= 4 is 39.6 Å². The number of fused-ring (bicyclic) bond motifs is 2. The first-order valence-corrected chi connectivity index (χ1v) is 9.92. The number of hydrogen-bond acceptors (Lipinski definition) is 5. The number of thioether (sulfide) groups is 1. The Balaban J connectivity index is 1.79. The fourth-order valence-electron chi connectivity index (χ4n) is 3.50. The summed E-state index contributed by atoms with van der Waals surface area (Å²) in [6.45, 7) is 7.32. The summed E-state index contributed by atoms with van der Waals surface area (Å²) in [5, 5.41) is 1.87. The minimum atomic E-state index is -0.436. The van der Waals surface area contributed by atoms with E-state index >= 15 is 0 Å². The van der Waals surface area contributed by atoms with Crippen LogP contribution >= 0.6 is 11.8 Å². The number of aryl methyl sites for hydroxylation is 3. The lowest BCUT2D eigenvalue weighted by molar-refractivity contribution is -0.130. The quantitative estimate of drug-likeness (QED) is 0.644. The maximum absolute atomic E-state index is 12.6. The van der Waals surface area contributed by atoms with E-state index in [0.717, 1.165) is 52.3 Å². The van der Waals surface area contributed by atoms with Crippen LogP contribution in [0.2, 0.25) is 0 Å². The number of carbonyl (C=O) groups is 1. The van der Waals surface area contributed by atoms with Crippen molar-refractivity contribution < 1.29 is 13.6 Å². The van der Waals surface area contributed by atoms with Gasteiger partial charge in [-0.15, -0.1) is 0 Å². The van der Waals surface area contributed by atoms with E-state index in [0.29, 0.717) is 16.7 Å². The number of hydrogen-bond donors (Lipinski definition) is 0. The number of furan rings is 1. The van der Waals surface area contributed by atoms with Crippen LogP contribution in [-0.2, 0) is 11.2 Å². The summed E-state index contributed by atoms with van der Waals surface area (Å²) in [6.07, 6.45) is 0.0935. The third-order valence-electron chi connectivity index (χ3n) is 5.27. The molecule has 1 aliphatic rings. The molecule has 1 aliphatic heterocycles. The third kappa shape index (κ3) is 2.82. The minimum absolute atomic E-state index is 0.00327. The first-order valence-electron chi connectivity index (χ1n) is 8.77. The number of carbonyl (C=O) groups excluding carboxylic acids is 1. The minimum Gasteiger partial charge on any atom is -0.461 e. The van der Waals surface area contributed by atoms with E-state index in [2.05, 4.69) is 0 Å². The molecule has 1 aromatic carbocycles. The van der Waals surface area contributed by atoms with Gasteiger partial charge in [-0.3, -0.25) is 4.79 Å². The van der Waals surface area contributed by atoms with Crippen LogP contribution in [0, 0.1) is 20.8 Å². The van der Waals surface area contributed by atoms with Crippen molar-refractivity contribution in [2.45, 2.75) is 27.2 Å². The SMILES string of the molecule is Cc1oc2cc3oc(=O)c(CC(=O)N4CCSCC4)c(C)c3cc2c1C. The van der Waals surface area contributed by atoms with Crippen molar-refractivity contribution in [3.05, 3.63) is 45.0 Å². The summed E-state index contributed by atoms with van der Waals surface area (Å²) in [5.41, 5.74) is 3.13. The predicted molar refractivity (Wildman–Crippen MR) is 104 cm³/mol. The van der Waals surface area contributed by atoms with Crippen molar-refractivity contribution in [2.75, 3.05) is 24.6 Å². The number of benzene rings is 1. The molecule has 0 unspecified atom stereocenters. The molecule has 4 rings (SSSR count). The van der Waals surface area contributed by atoms with Crippen molar-refractivity contribution in [3.63, 3.8) is 0 Å². The summed E-state index contributed by atoms with van der Waals surface area (Å²) in [6, 6.07) is 3.77. The highest BCUT2D eigenvalue weighted by molar-refractivity contribution is 7.99. The Kier molecular flexibility index (Phi) is 4.31. The van der Waals surface area contributed by atoms with Crippen LogP contribution < -0.4 is 5.63 Å². The van der Waals surface area contributed by atoms with Crippen LogP contribution in [0.3, 0.4) is 0 Å². The number of rotatable bonds is 2. The molecule has 2 aromatic heterocycles. The molecule has 6 heteroatoms. The Morgan fingerprint density at radius 2 is 1.69 bits per heavy atom. The van der Waals surface area contributed by atoms with Crippen LogP contribution in [0.15, 0.2) is 25.8 Å². The molecule has 136 valence electrons. The lowest BCUT2D eigenvalue weighted by Crippen LogP contribution is -2.39. The van der Waals surface area contributed by atoms with Gasteiger partial charge in [0, 0.05) is 41.4 Å². The third-order valence-corrected chi connectivity index (χ3v) is 6.22. The first kappa shape index (κ1) is 17.2. The van der Waals surface area contributed by atoms with Crippen LogP contribution in [0.4, 0.5) is 0 Å². The maximum Gasteiger partial charge on any atom is 0.340 e. The fraction of sp³-hybridized carbons (Fsp3) is 0.400. The van der Waals surface area contributed by atoms with E-state index in [1.165, 1.54) is 0 Å². The molecule has 1 fully saturated rings. The second-order valence-corrected chi connectivity index (χ2v) is 8.02. The number of nitrogens with zero attached hydrogens (tertiary/aromatic N) is 1. The predicted octanol–water partition coefficient (Wildman–Crippen LogP) is 3.58. The van der Waals surface area contributed by atoms with E-state index in [1.807, 2.05) is 43.5 Å². The van der Waals surface area contributed by atoms with Gasteiger partial charge in [0.05, 0.1) is 12.0 Å². The van der Waals surface area contributed by atoms with E-state index in [9.17, 15) is 9.59 Å². The lowest BCUT2D eigenvalue weighted by Gasteiger charge is -2.26. The molecular formula is C20H21NO4S. The van der Waals surface area contributed by atoms with Crippen molar-refractivity contribution in [2.24, 2.45) is 0 Å². The molecule has 26 heavy (non-hydrogen) atoms. The van der Waals surface area contributed by atoms with Crippen LogP contribution in [0.1, 0.15) is 22.5 Å². The monoisotopic (exact) mass is 371 g/mol. The molecule has 0 atom stereocenters. The smallest absolute Gasteiger partial charge is 0.340 e. The highest BCUT2D eigenvalue weighted by Gasteiger charge is 2.21. The second kappa shape index (κ2) is 6.50. The highest BCUT2D eigenvalue weighted by Crippen LogP contribution is 2.31. The first-order chi connectivity index (χ1) is 12.5. The average Bonchev–Trinajstić information content (AvgIpc) is 2.91. The van der Waals surface area contributed by atoms with Gasteiger partial charge < -0.3 is 13.7 Å². The molecule has 0 aliphatic carbocycles. The Labute approximate surface area is 155 Å². The van der Waals surface area contributed by atoms with Crippen LogP contribution in [0.25, 0.3) is 21.9 Å². The average molecular weight is 371 g/mol. The van der Waals surface area contributed by atoms with Gasteiger partial charge in [-0.1, -0.05) is 0 Å². The largest absolute Gasteiger partial charge is 0.461 e. The van der Waals surface area contributed by atoms with Crippen LogP contribution in [-0.4, -0.2) is 35.4 Å². The summed E-state index contributed by atoms with van der Waals surface area (Å²) < 4.78 is 11.3.